The van der Waals surface area contributed by atoms with Crippen LogP contribution in [0.5, 0.6) is 5.75 Å². The molecule has 2 atom stereocenters. The zero-order valence-corrected chi connectivity index (χ0v) is 13.3. The summed E-state index contributed by atoms with van der Waals surface area (Å²) in [5, 5.41) is 11.0. The summed E-state index contributed by atoms with van der Waals surface area (Å²) >= 11 is 0. The standard InChI is InChI=1S/C20H21NO2/c1-23-18-8-4-7-15-9-10-17(20(22)19(15)18)21-12-11-14-5-2-3-6-16(14)13-21/h2-10,17,20,22H,11-13H2,1H3/t17-,20+/m0/s1. The van der Waals surface area contributed by atoms with Gasteiger partial charge in [0, 0.05) is 18.7 Å². The van der Waals surface area contributed by atoms with Crippen molar-refractivity contribution in [2.45, 2.75) is 25.1 Å². The van der Waals surface area contributed by atoms with Gasteiger partial charge < -0.3 is 9.84 Å². The van der Waals surface area contributed by atoms with Crippen LogP contribution in [0.25, 0.3) is 6.08 Å². The van der Waals surface area contributed by atoms with Crippen LogP contribution in [0.3, 0.4) is 0 Å². The second-order valence-corrected chi connectivity index (χ2v) is 6.25. The van der Waals surface area contributed by atoms with Crippen LogP contribution < -0.4 is 4.74 Å². The number of aliphatic hydroxyl groups is 1. The lowest BCUT2D eigenvalue weighted by Crippen LogP contribution is -2.42. The number of hydrogen-bond acceptors (Lipinski definition) is 3. The fourth-order valence-corrected chi connectivity index (χ4v) is 3.77. The molecule has 1 N–H and O–H groups in total. The van der Waals surface area contributed by atoms with Gasteiger partial charge in [0.25, 0.3) is 0 Å². The second-order valence-electron chi connectivity index (χ2n) is 6.25. The van der Waals surface area contributed by atoms with Gasteiger partial charge in [0.2, 0.25) is 0 Å². The summed E-state index contributed by atoms with van der Waals surface area (Å²) in [5.41, 5.74) is 4.74. The highest BCUT2D eigenvalue weighted by molar-refractivity contribution is 5.62. The van der Waals surface area contributed by atoms with E-state index in [2.05, 4.69) is 41.3 Å². The van der Waals surface area contributed by atoms with E-state index in [1.54, 1.807) is 7.11 Å². The third-order valence-corrected chi connectivity index (χ3v) is 4.99. The smallest absolute Gasteiger partial charge is 0.125 e. The molecule has 0 amide bonds. The van der Waals surface area contributed by atoms with Crippen molar-refractivity contribution in [3.8, 4) is 5.75 Å². The molecule has 3 heteroatoms. The molecule has 0 spiro atoms. The summed E-state index contributed by atoms with van der Waals surface area (Å²) in [4.78, 5) is 2.36. The summed E-state index contributed by atoms with van der Waals surface area (Å²) in [6, 6.07) is 14.5. The molecule has 1 heterocycles. The number of methoxy groups -OCH3 is 1. The van der Waals surface area contributed by atoms with Crippen molar-refractivity contribution in [3.63, 3.8) is 0 Å². The van der Waals surface area contributed by atoms with Gasteiger partial charge >= 0.3 is 0 Å². The summed E-state index contributed by atoms with van der Waals surface area (Å²) in [7, 11) is 1.66. The molecule has 0 unspecified atom stereocenters. The lowest BCUT2D eigenvalue weighted by molar-refractivity contribution is 0.0625. The first-order valence-electron chi connectivity index (χ1n) is 8.12. The maximum absolute atomic E-state index is 11.0. The largest absolute Gasteiger partial charge is 0.496 e. The number of benzene rings is 2. The minimum atomic E-state index is -0.559. The van der Waals surface area contributed by atoms with Gasteiger partial charge in [-0.1, -0.05) is 48.6 Å². The first-order valence-corrected chi connectivity index (χ1v) is 8.12. The average molecular weight is 307 g/mol. The molecule has 0 bridgehead atoms. The predicted molar refractivity (Wildman–Crippen MR) is 91.3 cm³/mol. The topological polar surface area (TPSA) is 32.7 Å². The van der Waals surface area contributed by atoms with Gasteiger partial charge in [-0.3, -0.25) is 4.90 Å². The lowest BCUT2D eigenvalue weighted by atomic mass is 9.88. The molecule has 2 aromatic carbocycles. The Balaban J connectivity index is 1.65. The molecule has 0 saturated heterocycles. The van der Waals surface area contributed by atoms with Gasteiger partial charge in [-0.15, -0.1) is 0 Å². The van der Waals surface area contributed by atoms with Crippen LogP contribution in [0.15, 0.2) is 48.5 Å². The maximum Gasteiger partial charge on any atom is 0.125 e. The van der Waals surface area contributed by atoms with Crippen molar-refractivity contribution >= 4 is 6.08 Å². The number of rotatable bonds is 2. The predicted octanol–water partition coefficient (Wildman–Crippen LogP) is 3.18. The van der Waals surface area contributed by atoms with Crippen molar-refractivity contribution in [1.82, 2.24) is 4.90 Å². The molecule has 1 aliphatic heterocycles. The lowest BCUT2D eigenvalue weighted by Gasteiger charge is -2.38. The van der Waals surface area contributed by atoms with Crippen LogP contribution >= 0.6 is 0 Å². The number of nitrogens with zero attached hydrogens (tertiary/aromatic N) is 1. The highest BCUT2D eigenvalue weighted by atomic mass is 16.5. The van der Waals surface area contributed by atoms with Crippen molar-refractivity contribution in [1.29, 1.82) is 0 Å². The zero-order valence-electron chi connectivity index (χ0n) is 13.3. The van der Waals surface area contributed by atoms with Crippen molar-refractivity contribution in [3.05, 3.63) is 70.8 Å². The first kappa shape index (κ1) is 14.5. The number of ether oxygens (including phenoxy) is 1. The normalized spacial score (nSPS) is 23.2. The summed E-state index contributed by atoms with van der Waals surface area (Å²) in [6.07, 6.45) is 4.71. The average Bonchev–Trinajstić information content (AvgIpc) is 2.61. The van der Waals surface area contributed by atoms with E-state index in [9.17, 15) is 5.11 Å². The van der Waals surface area contributed by atoms with Gasteiger partial charge in [-0.05, 0) is 29.2 Å². The Morgan fingerprint density at radius 1 is 1.09 bits per heavy atom. The van der Waals surface area contributed by atoms with Crippen LogP contribution in [0, 0.1) is 0 Å². The Kier molecular flexibility index (Phi) is 3.68. The van der Waals surface area contributed by atoms with Gasteiger partial charge in [-0.25, -0.2) is 0 Å². The molecule has 0 fully saturated rings. The molecule has 4 rings (SSSR count). The Morgan fingerprint density at radius 3 is 2.74 bits per heavy atom. The van der Waals surface area contributed by atoms with Gasteiger partial charge in [0.1, 0.15) is 11.9 Å². The Bertz CT molecular complexity index is 753. The summed E-state index contributed by atoms with van der Waals surface area (Å²) < 4.78 is 5.46. The second kappa shape index (κ2) is 5.84. The molecule has 23 heavy (non-hydrogen) atoms. The molecular formula is C20H21NO2. The quantitative estimate of drug-likeness (QED) is 0.925. The minimum absolute atomic E-state index is 0.00726. The van der Waals surface area contributed by atoms with Gasteiger partial charge in [0.15, 0.2) is 0 Å². The van der Waals surface area contributed by atoms with E-state index < -0.39 is 6.10 Å². The minimum Gasteiger partial charge on any atom is -0.496 e. The van der Waals surface area contributed by atoms with Crippen LogP contribution in [0.4, 0.5) is 0 Å². The van der Waals surface area contributed by atoms with Crippen molar-refractivity contribution in [2.75, 3.05) is 13.7 Å². The van der Waals surface area contributed by atoms with Crippen LogP contribution in [0.2, 0.25) is 0 Å². The molecule has 2 aromatic rings. The Hall–Kier alpha value is -2.10. The molecule has 0 saturated carbocycles. The van der Waals surface area contributed by atoms with Crippen molar-refractivity contribution < 1.29 is 9.84 Å². The summed E-state index contributed by atoms with van der Waals surface area (Å²) in [6.45, 7) is 1.85. The SMILES string of the molecule is COc1cccc2c1[C@H](O)[C@@H](N1CCc3ccccc3C1)C=C2. The third kappa shape index (κ3) is 2.46. The van der Waals surface area contributed by atoms with Gasteiger partial charge in [-0.2, -0.15) is 0 Å². The molecule has 118 valence electrons. The zero-order chi connectivity index (χ0) is 15.8. The highest BCUT2D eigenvalue weighted by Gasteiger charge is 2.32. The fourth-order valence-electron chi connectivity index (χ4n) is 3.77. The van der Waals surface area contributed by atoms with Crippen LogP contribution in [0.1, 0.15) is 28.4 Å². The maximum atomic E-state index is 11.0. The highest BCUT2D eigenvalue weighted by Crippen LogP contribution is 2.38. The van der Waals surface area contributed by atoms with Gasteiger partial charge in [0.05, 0.1) is 13.2 Å². The monoisotopic (exact) mass is 307 g/mol. The van der Waals surface area contributed by atoms with E-state index in [-0.39, 0.29) is 6.04 Å². The summed E-state index contributed by atoms with van der Waals surface area (Å²) in [5.74, 6) is 0.766. The van der Waals surface area contributed by atoms with E-state index in [0.29, 0.717) is 0 Å². The molecule has 1 aliphatic carbocycles. The van der Waals surface area contributed by atoms with E-state index >= 15 is 0 Å². The fraction of sp³-hybridized carbons (Fsp3) is 0.300. The third-order valence-electron chi connectivity index (χ3n) is 4.99. The van der Waals surface area contributed by atoms with E-state index in [0.717, 1.165) is 36.4 Å². The molecule has 0 radical (unpaired) electrons. The van der Waals surface area contributed by atoms with Crippen LogP contribution in [-0.2, 0) is 13.0 Å². The Labute approximate surface area is 136 Å². The number of hydrogen-bond donors (Lipinski definition) is 1. The van der Waals surface area contributed by atoms with Crippen LogP contribution in [-0.4, -0.2) is 29.7 Å². The van der Waals surface area contributed by atoms with E-state index in [4.69, 9.17) is 4.74 Å². The molecule has 2 aliphatic rings. The first-order chi connectivity index (χ1) is 11.3. The Morgan fingerprint density at radius 2 is 1.91 bits per heavy atom. The molecular weight excluding hydrogens is 286 g/mol. The molecule has 0 aromatic heterocycles. The number of aliphatic hydroxyl groups excluding tert-OH is 1. The van der Waals surface area contributed by atoms with Crippen molar-refractivity contribution in [2.24, 2.45) is 0 Å². The van der Waals surface area contributed by atoms with E-state index in [1.165, 1.54) is 11.1 Å². The number of fused-ring (bicyclic) bond motifs is 2. The van der Waals surface area contributed by atoms with E-state index in [1.807, 2.05) is 18.2 Å². The molecule has 3 nitrogen and oxygen atoms in total.